The van der Waals surface area contributed by atoms with Crippen molar-refractivity contribution in [2.45, 2.75) is 58.0 Å². The number of carbonyl (C=O) groups excluding carboxylic acids is 2. The number of alkyl carbamates (subject to hydrolysis) is 1. The van der Waals surface area contributed by atoms with Crippen molar-refractivity contribution < 1.29 is 24.2 Å². The Morgan fingerprint density at radius 1 is 0.970 bits per heavy atom. The fraction of sp³-hybridized carbons (Fsp3) is 0.423. The third-order valence-electron chi connectivity index (χ3n) is 6.30. The highest BCUT2D eigenvalue weighted by molar-refractivity contribution is 5.89. The van der Waals surface area contributed by atoms with E-state index in [1.165, 1.54) is 0 Å². The molecule has 7 nitrogen and oxygen atoms in total. The van der Waals surface area contributed by atoms with Crippen LogP contribution in [-0.4, -0.2) is 41.8 Å². The van der Waals surface area contributed by atoms with Crippen molar-refractivity contribution in [2.75, 3.05) is 6.61 Å². The molecule has 33 heavy (non-hydrogen) atoms. The van der Waals surface area contributed by atoms with Crippen LogP contribution in [0.4, 0.5) is 4.79 Å². The second kappa shape index (κ2) is 11.0. The molecule has 0 spiro atoms. The Labute approximate surface area is 194 Å². The zero-order chi connectivity index (χ0) is 24.0. The van der Waals surface area contributed by atoms with Crippen molar-refractivity contribution in [2.24, 2.45) is 5.92 Å². The van der Waals surface area contributed by atoms with E-state index in [9.17, 15) is 19.5 Å². The van der Waals surface area contributed by atoms with Crippen LogP contribution >= 0.6 is 0 Å². The Bertz CT molecular complexity index is 960. The van der Waals surface area contributed by atoms with E-state index in [0.717, 1.165) is 22.3 Å². The van der Waals surface area contributed by atoms with Gasteiger partial charge < -0.3 is 20.5 Å². The molecule has 1 aliphatic carbocycles. The van der Waals surface area contributed by atoms with Crippen molar-refractivity contribution in [1.29, 1.82) is 0 Å². The van der Waals surface area contributed by atoms with E-state index >= 15 is 0 Å². The second-order valence-electron chi connectivity index (χ2n) is 8.52. The minimum atomic E-state index is -1.09. The molecule has 0 aromatic heterocycles. The number of nitrogens with one attached hydrogen (secondary N) is 2. The molecule has 0 bridgehead atoms. The normalized spacial score (nSPS) is 15.0. The monoisotopic (exact) mass is 452 g/mol. The molecule has 0 unspecified atom stereocenters. The first-order valence-corrected chi connectivity index (χ1v) is 11.5. The number of fused-ring (bicyclic) bond motifs is 3. The summed E-state index contributed by atoms with van der Waals surface area (Å²) in [7, 11) is 0. The molecule has 0 heterocycles. The maximum Gasteiger partial charge on any atom is 0.407 e. The minimum absolute atomic E-state index is 0.0834. The van der Waals surface area contributed by atoms with Gasteiger partial charge in [-0.2, -0.15) is 0 Å². The summed E-state index contributed by atoms with van der Waals surface area (Å²) in [6.45, 7) is 5.74. The fourth-order valence-corrected chi connectivity index (χ4v) is 4.28. The van der Waals surface area contributed by atoms with Crippen LogP contribution in [-0.2, 0) is 14.3 Å². The quantitative estimate of drug-likeness (QED) is 0.498. The SMILES string of the molecule is CCC[C@H](NC(=O)[C@@H](NC(=O)OCC1c2ccccc2-c2ccccc21)[C@@H](C)CC)C(=O)O. The number of rotatable bonds is 10. The summed E-state index contributed by atoms with van der Waals surface area (Å²) in [5.74, 6) is -1.88. The molecular formula is C26H32N2O5. The Hall–Kier alpha value is -3.35. The van der Waals surface area contributed by atoms with E-state index in [1.54, 1.807) is 0 Å². The van der Waals surface area contributed by atoms with E-state index in [2.05, 4.69) is 22.8 Å². The molecule has 2 aromatic rings. The van der Waals surface area contributed by atoms with Crippen molar-refractivity contribution in [3.63, 3.8) is 0 Å². The van der Waals surface area contributed by atoms with E-state index in [4.69, 9.17) is 4.74 Å². The lowest BCUT2D eigenvalue weighted by atomic mass is 9.97. The van der Waals surface area contributed by atoms with Crippen LogP contribution in [0, 0.1) is 5.92 Å². The molecular weight excluding hydrogens is 420 g/mol. The summed E-state index contributed by atoms with van der Waals surface area (Å²) in [5, 5.41) is 14.6. The highest BCUT2D eigenvalue weighted by Crippen LogP contribution is 2.44. The fourth-order valence-electron chi connectivity index (χ4n) is 4.28. The molecule has 2 aromatic carbocycles. The van der Waals surface area contributed by atoms with Crippen molar-refractivity contribution in [1.82, 2.24) is 10.6 Å². The van der Waals surface area contributed by atoms with Gasteiger partial charge >= 0.3 is 12.1 Å². The van der Waals surface area contributed by atoms with Crippen LogP contribution in [0.25, 0.3) is 11.1 Å². The number of benzene rings is 2. The van der Waals surface area contributed by atoms with Gasteiger partial charge in [-0.05, 0) is 34.6 Å². The van der Waals surface area contributed by atoms with Crippen LogP contribution < -0.4 is 10.6 Å². The Morgan fingerprint density at radius 2 is 1.55 bits per heavy atom. The molecule has 176 valence electrons. The van der Waals surface area contributed by atoms with Gasteiger partial charge in [-0.1, -0.05) is 82.1 Å². The summed E-state index contributed by atoms with van der Waals surface area (Å²) in [6.07, 6.45) is 0.872. The highest BCUT2D eigenvalue weighted by Gasteiger charge is 2.32. The average Bonchev–Trinajstić information content (AvgIpc) is 3.14. The molecule has 2 amide bonds. The zero-order valence-corrected chi connectivity index (χ0v) is 19.3. The Morgan fingerprint density at radius 3 is 2.06 bits per heavy atom. The first kappa shape index (κ1) is 24.3. The van der Waals surface area contributed by atoms with E-state index in [0.29, 0.717) is 19.3 Å². The van der Waals surface area contributed by atoms with Gasteiger partial charge in [0, 0.05) is 5.92 Å². The molecule has 3 atom stereocenters. The third-order valence-corrected chi connectivity index (χ3v) is 6.30. The standard InChI is InChI=1S/C26H32N2O5/c1-4-10-22(25(30)31)27-24(29)23(16(3)5-2)28-26(32)33-15-21-19-13-8-6-11-17(19)18-12-7-9-14-20(18)21/h6-9,11-14,16,21-23H,4-5,10,15H2,1-3H3,(H,27,29)(H,28,32)(H,30,31)/t16-,22-,23-/m0/s1. The van der Waals surface area contributed by atoms with Gasteiger partial charge in [0.1, 0.15) is 18.7 Å². The van der Waals surface area contributed by atoms with Crippen molar-refractivity contribution >= 4 is 18.0 Å². The molecule has 0 aliphatic heterocycles. The van der Waals surface area contributed by atoms with Crippen LogP contribution in [0.2, 0.25) is 0 Å². The van der Waals surface area contributed by atoms with Gasteiger partial charge in [0.25, 0.3) is 0 Å². The lowest BCUT2D eigenvalue weighted by Gasteiger charge is -2.25. The number of aliphatic carboxylic acids is 1. The van der Waals surface area contributed by atoms with Crippen LogP contribution in [0.1, 0.15) is 57.1 Å². The lowest BCUT2D eigenvalue weighted by molar-refractivity contribution is -0.142. The van der Waals surface area contributed by atoms with Crippen molar-refractivity contribution in [3.8, 4) is 11.1 Å². The van der Waals surface area contributed by atoms with Crippen LogP contribution in [0.3, 0.4) is 0 Å². The maximum atomic E-state index is 12.8. The number of carboxylic acids is 1. The summed E-state index contributed by atoms with van der Waals surface area (Å²) in [6, 6.07) is 14.2. The van der Waals surface area contributed by atoms with E-state index in [-0.39, 0.29) is 18.4 Å². The number of ether oxygens (including phenoxy) is 1. The zero-order valence-electron chi connectivity index (χ0n) is 19.3. The smallest absolute Gasteiger partial charge is 0.407 e. The number of hydrogen-bond acceptors (Lipinski definition) is 4. The largest absolute Gasteiger partial charge is 0.480 e. The molecule has 0 radical (unpaired) electrons. The molecule has 0 saturated carbocycles. The highest BCUT2D eigenvalue weighted by atomic mass is 16.5. The molecule has 0 fully saturated rings. The number of amides is 2. The molecule has 7 heteroatoms. The van der Waals surface area contributed by atoms with E-state index < -0.39 is 30.1 Å². The van der Waals surface area contributed by atoms with Gasteiger partial charge in [-0.25, -0.2) is 9.59 Å². The lowest BCUT2D eigenvalue weighted by Crippen LogP contribution is -2.54. The topological polar surface area (TPSA) is 105 Å². The van der Waals surface area contributed by atoms with Gasteiger partial charge in [0.15, 0.2) is 0 Å². The van der Waals surface area contributed by atoms with Crippen LogP contribution in [0.15, 0.2) is 48.5 Å². The van der Waals surface area contributed by atoms with Gasteiger partial charge in [-0.15, -0.1) is 0 Å². The summed E-state index contributed by atoms with van der Waals surface area (Å²) >= 11 is 0. The third kappa shape index (κ3) is 5.53. The van der Waals surface area contributed by atoms with Gasteiger partial charge in [-0.3, -0.25) is 4.79 Å². The Kier molecular flexibility index (Phi) is 8.09. The van der Waals surface area contributed by atoms with Crippen LogP contribution in [0.5, 0.6) is 0 Å². The van der Waals surface area contributed by atoms with E-state index in [1.807, 2.05) is 57.2 Å². The Balaban J connectivity index is 1.68. The number of carbonyl (C=O) groups is 3. The number of carboxylic acid groups (broad SMARTS) is 1. The molecule has 3 rings (SSSR count). The summed E-state index contributed by atoms with van der Waals surface area (Å²) < 4.78 is 5.57. The van der Waals surface area contributed by atoms with Gasteiger partial charge in [0.2, 0.25) is 5.91 Å². The first-order chi connectivity index (χ1) is 15.9. The maximum absolute atomic E-state index is 12.8. The van der Waals surface area contributed by atoms with Crippen molar-refractivity contribution in [3.05, 3.63) is 59.7 Å². The number of hydrogen-bond donors (Lipinski definition) is 3. The molecule has 3 N–H and O–H groups in total. The predicted octanol–water partition coefficient (Wildman–Crippen LogP) is 4.31. The summed E-state index contributed by atoms with van der Waals surface area (Å²) in [5.41, 5.74) is 4.47. The van der Waals surface area contributed by atoms with Gasteiger partial charge in [0.05, 0.1) is 0 Å². The first-order valence-electron chi connectivity index (χ1n) is 11.5. The molecule has 1 aliphatic rings. The minimum Gasteiger partial charge on any atom is -0.480 e. The predicted molar refractivity (Wildman–Crippen MR) is 126 cm³/mol. The average molecular weight is 453 g/mol. The summed E-state index contributed by atoms with van der Waals surface area (Å²) in [4.78, 5) is 36.9. The molecule has 0 saturated heterocycles. The second-order valence-corrected chi connectivity index (χ2v) is 8.52.